The Morgan fingerprint density at radius 1 is 0.150 bits per heavy atom. The topological polar surface area (TPSA) is 0 Å². The number of benzene rings is 12. The van der Waals surface area contributed by atoms with Gasteiger partial charge in [0.2, 0.25) is 0 Å². The van der Waals surface area contributed by atoms with Crippen LogP contribution in [0.15, 0.2) is 231 Å². The third-order valence-corrected chi connectivity index (χ3v) is 12.6. The summed E-state index contributed by atoms with van der Waals surface area (Å²) < 4.78 is 0. The van der Waals surface area contributed by atoms with Crippen LogP contribution < -0.4 is 0 Å². The first-order chi connectivity index (χ1) is 29.7. The van der Waals surface area contributed by atoms with Crippen molar-refractivity contribution in [3.05, 3.63) is 231 Å². The van der Waals surface area contributed by atoms with Crippen molar-refractivity contribution in [2.75, 3.05) is 0 Å². The monoisotopic (exact) mass is 758 g/mol. The molecule has 0 aliphatic rings. The fraction of sp³-hybridized carbons (Fsp3) is 0. The Hall–Kier alpha value is -7.80. The van der Waals surface area contributed by atoms with Crippen LogP contribution in [0, 0.1) is 0 Å². The van der Waals surface area contributed by atoms with Gasteiger partial charge in [0.15, 0.2) is 0 Å². The Kier molecular flexibility index (Phi) is 7.96. The van der Waals surface area contributed by atoms with Crippen LogP contribution in [0.25, 0.3) is 120 Å². The van der Waals surface area contributed by atoms with E-state index in [1.54, 1.807) is 0 Å². The van der Waals surface area contributed by atoms with Crippen molar-refractivity contribution in [3.63, 3.8) is 0 Å². The maximum absolute atomic E-state index is 2.35. The minimum Gasteiger partial charge on any atom is -0.0622 e. The largest absolute Gasteiger partial charge is 0.0622 e. The molecular weight excluding hydrogens is 721 g/mol. The molecule has 0 aliphatic heterocycles. The summed E-state index contributed by atoms with van der Waals surface area (Å²) in [5.41, 5.74) is 12.3. The Balaban J connectivity index is 0.841. The summed E-state index contributed by atoms with van der Waals surface area (Å²) in [5, 5.41) is 15.3. The van der Waals surface area contributed by atoms with Crippen LogP contribution in [0.4, 0.5) is 0 Å². The maximum atomic E-state index is 2.35. The van der Waals surface area contributed by atoms with Crippen molar-refractivity contribution in [1.29, 1.82) is 0 Å². The van der Waals surface area contributed by atoms with Gasteiger partial charge in [0.25, 0.3) is 0 Å². The lowest BCUT2D eigenvalue weighted by atomic mass is 9.91. The fourth-order valence-electron chi connectivity index (χ4n) is 9.51. The van der Waals surface area contributed by atoms with Crippen LogP contribution >= 0.6 is 0 Å². The van der Waals surface area contributed by atoms with E-state index in [2.05, 4.69) is 231 Å². The Bertz CT molecular complexity index is 3630. The summed E-state index contributed by atoms with van der Waals surface area (Å²) in [4.78, 5) is 0. The highest BCUT2D eigenvalue weighted by atomic mass is 14.2. The molecule has 12 aromatic rings. The van der Waals surface area contributed by atoms with Crippen LogP contribution in [0.2, 0.25) is 0 Å². The van der Waals surface area contributed by atoms with Gasteiger partial charge < -0.3 is 0 Å². The maximum Gasteiger partial charge on any atom is -0.00988 e. The molecule has 0 saturated heterocycles. The summed E-state index contributed by atoms with van der Waals surface area (Å²) in [7, 11) is 0. The van der Waals surface area contributed by atoms with Gasteiger partial charge in [-0.1, -0.05) is 194 Å². The standard InChI is InChI=1S/C60H38/c1-2-9-39(10-3-1)40-17-19-41(20-18-40)43-25-29-54-49(34-43)21-22-51-36-45(27-31-56(51)54)46-28-32-57-52(37-46)24-23-50-35-44(26-30-55(50)57)42-12-8-13-47(33-42)60-38-48-11-4-5-14-53(48)58-15-6-7-16-59(58)60/h1-38H. The molecule has 0 bridgehead atoms. The first-order valence-corrected chi connectivity index (χ1v) is 20.8. The lowest BCUT2D eigenvalue weighted by Crippen LogP contribution is -1.86. The fourth-order valence-corrected chi connectivity index (χ4v) is 9.51. The minimum absolute atomic E-state index is 1.22. The normalized spacial score (nSPS) is 11.7. The predicted molar refractivity (Wildman–Crippen MR) is 259 cm³/mol. The lowest BCUT2D eigenvalue weighted by Gasteiger charge is -2.13. The van der Waals surface area contributed by atoms with Gasteiger partial charge >= 0.3 is 0 Å². The second kappa shape index (κ2) is 13.9. The molecule has 278 valence electrons. The molecule has 0 nitrogen and oxygen atoms in total. The predicted octanol–water partition coefficient (Wildman–Crippen LogP) is 16.9. The SMILES string of the molecule is c1ccc(-c2ccc(-c3ccc4c(ccc5cc(-c6ccc7c(ccc8cc(-c9cccc(-c%10cc%11ccccc%11c%11ccccc%10%11)c9)ccc87)c6)ccc54)c3)cc2)cc1. The molecule has 0 heterocycles. The van der Waals surface area contributed by atoms with Crippen LogP contribution in [-0.4, -0.2) is 0 Å². The minimum atomic E-state index is 1.22. The van der Waals surface area contributed by atoms with E-state index in [0.717, 1.165) is 0 Å². The van der Waals surface area contributed by atoms with Crippen LogP contribution in [-0.2, 0) is 0 Å². The van der Waals surface area contributed by atoms with E-state index in [-0.39, 0.29) is 0 Å². The van der Waals surface area contributed by atoms with Gasteiger partial charge in [0.05, 0.1) is 0 Å². The van der Waals surface area contributed by atoms with E-state index in [1.807, 2.05) is 0 Å². The van der Waals surface area contributed by atoms with Gasteiger partial charge in [0.1, 0.15) is 0 Å². The summed E-state index contributed by atoms with van der Waals surface area (Å²) in [6.07, 6.45) is 0. The second-order valence-electron chi connectivity index (χ2n) is 16.1. The molecule has 0 unspecified atom stereocenters. The molecule has 0 radical (unpaired) electrons. The highest BCUT2D eigenvalue weighted by Crippen LogP contribution is 2.39. The highest BCUT2D eigenvalue weighted by Gasteiger charge is 2.12. The van der Waals surface area contributed by atoms with Crippen LogP contribution in [0.1, 0.15) is 0 Å². The quantitative estimate of drug-likeness (QED) is 0.153. The Labute approximate surface area is 349 Å². The van der Waals surface area contributed by atoms with Gasteiger partial charge in [-0.15, -0.1) is 0 Å². The van der Waals surface area contributed by atoms with Crippen LogP contribution in [0.5, 0.6) is 0 Å². The first-order valence-electron chi connectivity index (χ1n) is 20.8. The Morgan fingerprint density at radius 2 is 0.483 bits per heavy atom. The molecular formula is C60H38. The van der Waals surface area contributed by atoms with Crippen molar-refractivity contribution >= 4 is 64.6 Å². The molecule has 60 heavy (non-hydrogen) atoms. The number of hydrogen-bond acceptors (Lipinski definition) is 0. The molecule has 0 saturated carbocycles. The van der Waals surface area contributed by atoms with Gasteiger partial charge in [0, 0.05) is 0 Å². The van der Waals surface area contributed by atoms with E-state index in [4.69, 9.17) is 0 Å². The molecule has 0 heteroatoms. The molecule has 0 aromatic heterocycles. The molecule has 0 N–H and O–H groups in total. The molecule has 0 fully saturated rings. The van der Waals surface area contributed by atoms with Crippen molar-refractivity contribution < 1.29 is 0 Å². The van der Waals surface area contributed by atoms with E-state index in [1.165, 1.54) is 120 Å². The van der Waals surface area contributed by atoms with Crippen molar-refractivity contribution in [2.45, 2.75) is 0 Å². The molecule has 12 rings (SSSR count). The van der Waals surface area contributed by atoms with Gasteiger partial charge in [-0.2, -0.15) is 0 Å². The third kappa shape index (κ3) is 5.84. The zero-order chi connectivity index (χ0) is 39.6. The van der Waals surface area contributed by atoms with Gasteiger partial charge in [-0.3, -0.25) is 0 Å². The molecule has 0 aliphatic carbocycles. The summed E-state index contributed by atoms with van der Waals surface area (Å²) >= 11 is 0. The average molecular weight is 759 g/mol. The van der Waals surface area contributed by atoms with Crippen molar-refractivity contribution in [1.82, 2.24) is 0 Å². The zero-order valence-corrected chi connectivity index (χ0v) is 32.9. The number of hydrogen-bond donors (Lipinski definition) is 0. The summed E-state index contributed by atoms with van der Waals surface area (Å²) in [6.45, 7) is 0. The average Bonchev–Trinajstić information content (AvgIpc) is 3.33. The smallest absolute Gasteiger partial charge is 0.00988 e. The van der Waals surface area contributed by atoms with E-state index >= 15 is 0 Å². The van der Waals surface area contributed by atoms with Crippen molar-refractivity contribution in [3.8, 4) is 55.6 Å². The molecule has 0 amide bonds. The number of fused-ring (bicyclic) bond motifs is 9. The summed E-state index contributed by atoms with van der Waals surface area (Å²) in [5.74, 6) is 0. The Morgan fingerprint density at radius 3 is 1.03 bits per heavy atom. The van der Waals surface area contributed by atoms with E-state index in [0.29, 0.717) is 0 Å². The third-order valence-electron chi connectivity index (χ3n) is 12.6. The zero-order valence-electron chi connectivity index (χ0n) is 32.9. The van der Waals surface area contributed by atoms with Gasteiger partial charge in [-0.05, 0) is 157 Å². The first kappa shape index (κ1) is 34.3. The number of rotatable bonds is 5. The lowest BCUT2D eigenvalue weighted by molar-refractivity contribution is 1.60. The molecule has 12 aromatic carbocycles. The molecule has 0 spiro atoms. The van der Waals surface area contributed by atoms with Crippen molar-refractivity contribution in [2.24, 2.45) is 0 Å². The highest BCUT2D eigenvalue weighted by molar-refractivity contribution is 6.14. The van der Waals surface area contributed by atoms with Gasteiger partial charge in [-0.25, -0.2) is 0 Å². The summed E-state index contributed by atoms with van der Waals surface area (Å²) in [6, 6.07) is 85.1. The second-order valence-corrected chi connectivity index (χ2v) is 16.1. The van der Waals surface area contributed by atoms with E-state index < -0.39 is 0 Å². The molecule has 0 atom stereocenters. The van der Waals surface area contributed by atoms with E-state index in [9.17, 15) is 0 Å². The van der Waals surface area contributed by atoms with Crippen LogP contribution in [0.3, 0.4) is 0 Å².